The van der Waals surface area contributed by atoms with E-state index in [4.69, 9.17) is 11.6 Å². The highest BCUT2D eigenvalue weighted by Gasteiger charge is 2.10. The fourth-order valence-electron chi connectivity index (χ4n) is 2.58. The largest absolute Gasteiger partial charge is 0.364 e. The molecule has 0 saturated heterocycles. The van der Waals surface area contributed by atoms with Crippen LogP contribution in [-0.2, 0) is 0 Å². The molecule has 0 aliphatic rings. The van der Waals surface area contributed by atoms with Crippen molar-refractivity contribution in [2.24, 2.45) is 0 Å². The summed E-state index contributed by atoms with van der Waals surface area (Å²) >= 11 is 5.99. The van der Waals surface area contributed by atoms with Crippen LogP contribution < -0.4 is 10.6 Å². The summed E-state index contributed by atoms with van der Waals surface area (Å²) in [7, 11) is 0. The van der Waals surface area contributed by atoms with Crippen LogP contribution in [0.25, 0.3) is 0 Å². The third-order valence-electron chi connectivity index (χ3n) is 4.14. The summed E-state index contributed by atoms with van der Waals surface area (Å²) in [6, 6.07) is 19.2. The molecule has 26 heavy (non-hydrogen) atoms. The summed E-state index contributed by atoms with van der Waals surface area (Å²) in [5.74, 6) is 0.502. The highest BCUT2D eigenvalue weighted by atomic mass is 35.5. The van der Waals surface area contributed by atoms with Crippen molar-refractivity contribution in [2.75, 3.05) is 10.6 Å². The zero-order valence-corrected chi connectivity index (χ0v) is 15.4. The van der Waals surface area contributed by atoms with Crippen molar-refractivity contribution in [3.63, 3.8) is 0 Å². The molecule has 2 N–H and O–H groups in total. The molecule has 0 radical (unpaired) electrons. The van der Waals surface area contributed by atoms with Gasteiger partial charge in [-0.1, -0.05) is 48.0 Å². The second kappa shape index (κ2) is 8.02. The van der Waals surface area contributed by atoms with Gasteiger partial charge in [0.05, 0.1) is 5.56 Å². The van der Waals surface area contributed by atoms with Gasteiger partial charge in [-0.3, -0.25) is 4.79 Å². The number of pyridine rings is 1. The van der Waals surface area contributed by atoms with E-state index in [1.165, 1.54) is 5.56 Å². The Balaban J connectivity index is 1.67. The molecule has 1 unspecified atom stereocenters. The minimum Gasteiger partial charge on any atom is -0.364 e. The maximum atomic E-state index is 12.4. The van der Waals surface area contributed by atoms with Crippen molar-refractivity contribution in [1.29, 1.82) is 0 Å². The van der Waals surface area contributed by atoms with E-state index >= 15 is 0 Å². The van der Waals surface area contributed by atoms with Gasteiger partial charge in [0, 0.05) is 22.9 Å². The monoisotopic (exact) mass is 365 g/mol. The van der Waals surface area contributed by atoms with E-state index in [2.05, 4.69) is 34.7 Å². The minimum atomic E-state index is -0.217. The second-order valence-electron chi connectivity index (χ2n) is 6.12. The fraction of sp³-hybridized carbons (Fsp3) is 0.143. The van der Waals surface area contributed by atoms with Crippen LogP contribution in [0.5, 0.6) is 0 Å². The lowest BCUT2D eigenvalue weighted by Gasteiger charge is -2.15. The summed E-state index contributed by atoms with van der Waals surface area (Å²) in [6.07, 6.45) is 1.56. The standard InChI is InChI=1S/C21H20ClN3O/c1-14-8-10-18(22)12-19(14)25-21(26)17-9-11-20(23-13-17)24-15(2)16-6-4-3-5-7-16/h3-13,15H,1-2H3,(H,23,24)(H,25,26). The van der Waals surface area contributed by atoms with Crippen molar-refractivity contribution in [3.8, 4) is 0 Å². The lowest BCUT2D eigenvalue weighted by molar-refractivity contribution is 0.102. The molecule has 2 aromatic carbocycles. The molecule has 0 bridgehead atoms. The van der Waals surface area contributed by atoms with Gasteiger partial charge < -0.3 is 10.6 Å². The summed E-state index contributed by atoms with van der Waals surface area (Å²) in [5.41, 5.74) is 3.31. The number of nitrogens with one attached hydrogen (secondary N) is 2. The SMILES string of the molecule is Cc1ccc(Cl)cc1NC(=O)c1ccc(NC(C)c2ccccc2)nc1. The number of halogens is 1. The van der Waals surface area contributed by atoms with Crippen LogP contribution in [-0.4, -0.2) is 10.9 Å². The third kappa shape index (κ3) is 4.41. The van der Waals surface area contributed by atoms with Gasteiger partial charge in [-0.25, -0.2) is 4.98 Å². The number of amides is 1. The van der Waals surface area contributed by atoms with E-state index in [1.54, 1.807) is 30.5 Å². The Hall–Kier alpha value is -2.85. The topological polar surface area (TPSA) is 54.0 Å². The maximum absolute atomic E-state index is 12.4. The van der Waals surface area contributed by atoms with E-state index in [9.17, 15) is 4.79 Å². The van der Waals surface area contributed by atoms with Crippen LogP contribution in [0.2, 0.25) is 5.02 Å². The third-order valence-corrected chi connectivity index (χ3v) is 4.37. The molecule has 1 aromatic heterocycles. The smallest absolute Gasteiger partial charge is 0.257 e. The molecule has 132 valence electrons. The number of anilines is 2. The molecule has 0 fully saturated rings. The van der Waals surface area contributed by atoms with Crippen molar-refractivity contribution >= 4 is 29.0 Å². The number of hydrogen-bond acceptors (Lipinski definition) is 3. The first-order valence-electron chi connectivity index (χ1n) is 8.38. The van der Waals surface area contributed by atoms with Gasteiger partial charge in [-0.2, -0.15) is 0 Å². The minimum absolute atomic E-state index is 0.123. The number of carbonyl (C=O) groups is 1. The van der Waals surface area contributed by atoms with E-state index in [0.717, 1.165) is 11.4 Å². The van der Waals surface area contributed by atoms with E-state index in [1.807, 2.05) is 31.2 Å². The molecular weight excluding hydrogens is 346 g/mol. The Bertz CT molecular complexity index is 895. The Morgan fingerprint density at radius 1 is 1.08 bits per heavy atom. The van der Waals surface area contributed by atoms with Gasteiger partial charge in [-0.05, 0) is 49.2 Å². The molecule has 0 saturated carbocycles. The molecule has 1 heterocycles. The zero-order chi connectivity index (χ0) is 18.5. The number of nitrogens with zero attached hydrogens (tertiary/aromatic N) is 1. The van der Waals surface area contributed by atoms with Crippen LogP contribution in [0.4, 0.5) is 11.5 Å². The second-order valence-corrected chi connectivity index (χ2v) is 6.56. The molecule has 1 atom stereocenters. The first-order valence-corrected chi connectivity index (χ1v) is 8.76. The Kier molecular flexibility index (Phi) is 5.54. The number of hydrogen-bond donors (Lipinski definition) is 2. The zero-order valence-electron chi connectivity index (χ0n) is 14.7. The first kappa shape index (κ1) is 18.0. The van der Waals surface area contributed by atoms with Gasteiger partial charge >= 0.3 is 0 Å². The first-order chi connectivity index (χ1) is 12.5. The normalized spacial score (nSPS) is 11.7. The average molecular weight is 366 g/mol. The van der Waals surface area contributed by atoms with Crippen LogP contribution >= 0.6 is 11.6 Å². The molecule has 0 aliphatic carbocycles. The molecule has 0 spiro atoms. The Morgan fingerprint density at radius 3 is 2.54 bits per heavy atom. The summed E-state index contributed by atoms with van der Waals surface area (Å²) in [6.45, 7) is 3.99. The molecule has 0 aliphatic heterocycles. The number of aromatic nitrogens is 1. The van der Waals surface area contributed by atoms with Crippen LogP contribution in [0.3, 0.4) is 0 Å². The molecule has 4 nitrogen and oxygen atoms in total. The number of carbonyl (C=O) groups excluding carboxylic acids is 1. The highest BCUT2D eigenvalue weighted by Crippen LogP contribution is 2.21. The fourth-order valence-corrected chi connectivity index (χ4v) is 2.76. The molecule has 3 rings (SSSR count). The van der Waals surface area contributed by atoms with Crippen molar-refractivity contribution in [2.45, 2.75) is 19.9 Å². The maximum Gasteiger partial charge on any atom is 0.257 e. The van der Waals surface area contributed by atoms with Crippen LogP contribution in [0.1, 0.15) is 34.5 Å². The summed E-state index contributed by atoms with van der Waals surface area (Å²) in [4.78, 5) is 16.8. The van der Waals surface area contributed by atoms with Gasteiger partial charge in [0.2, 0.25) is 0 Å². The quantitative estimate of drug-likeness (QED) is 0.630. The van der Waals surface area contributed by atoms with E-state index in [-0.39, 0.29) is 11.9 Å². The van der Waals surface area contributed by atoms with Crippen molar-refractivity contribution in [1.82, 2.24) is 4.98 Å². The number of aryl methyl sites for hydroxylation is 1. The average Bonchev–Trinajstić information content (AvgIpc) is 2.66. The predicted octanol–water partition coefficient (Wildman–Crippen LogP) is 5.47. The Labute approximate surface area is 158 Å². The summed E-state index contributed by atoms with van der Waals surface area (Å²) in [5, 5.41) is 6.78. The summed E-state index contributed by atoms with van der Waals surface area (Å²) < 4.78 is 0. The number of benzene rings is 2. The van der Waals surface area contributed by atoms with Crippen molar-refractivity contribution in [3.05, 3.63) is 88.6 Å². The Morgan fingerprint density at radius 2 is 1.85 bits per heavy atom. The lowest BCUT2D eigenvalue weighted by Crippen LogP contribution is -2.14. The van der Waals surface area contributed by atoms with E-state index in [0.29, 0.717) is 16.3 Å². The molecule has 5 heteroatoms. The molecular formula is C21H20ClN3O. The van der Waals surface area contributed by atoms with Gasteiger partial charge in [-0.15, -0.1) is 0 Å². The number of rotatable bonds is 5. The van der Waals surface area contributed by atoms with Gasteiger partial charge in [0.15, 0.2) is 0 Å². The molecule has 1 amide bonds. The van der Waals surface area contributed by atoms with Gasteiger partial charge in [0.1, 0.15) is 5.82 Å². The van der Waals surface area contributed by atoms with Gasteiger partial charge in [0.25, 0.3) is 5.91 Å². The predicted molar refractivity (Wildman–Crippen MR) is 107 cm³/mol. The molecule has 3 aromatic rings. The van der Waals surface area contributed by atoms with Crippen LogP contribution in [0, 0.1) is 6.92 Å². The highest BCUT2D eigenvalue weighted by molar-refractivity contribution is 6.31. The lowest BCUT2D eigenvalue weighted by atomic mass is 10.1. The van der Waals surface area contributed by atoms with Crippen LogP contribution in [0.15, 0.2) is 66.9 Å². The van der Waals surface area contributed by atoms with E-state index < -0.39 is 0 Å². The van der Waals surface area contributed by atoms with Crippen molar-refractivity contribution < 1.29 is 4.79 Å².